The number of aromatic nitrogens is 3. The predicted molar refractivity (Wildman–Crippen MR) is 142 cm³/mol. The van der Waals surface area contributed by atoms with Crippen LogP contribution in [0.4, 0.5) is 19.3 Å². The monoisotopic (exact) mass is 529 g/mol. The quantitative estimate of drug-likeness (QED) is 0.272. The highest BCUT2D eigenvalue weighted by Crippen LogP contribution is 2.39. The third-order valence-electron chi connectivity index (χ3n) is 6.70. The Hall–Kier alpha value is -4.43. The summed E-state index contributed by atoms with van der Waals surface area (Å²) < 4.78 is 32.3. The van der Waals surface area contributed by atoms with Crippen molar-refractivity contribution in [3.8, 4) is 11.5 Å². The molecule has 9 heteroatoms. The highest BCUT2D eigenvalue weighted by atomic mass is 35.5. The van der Waals surface area contributed by atoms with Gasteiger partial charge in [-0.2, -0.15) is 5.10 Å². The van der Waals surface area contributed by atoms with Gasteiger partial charge in [-0.25, -0.2) is 18.3 Å². The number of nitrogens with one attached hydrogen (secondary N) is 1. The van der Waals surface area contributed by atoms with Crippen LogP contribution in [0.1, 0.15) is 28.6 Å². The van der Waals surface area contributed by atoms with E-state index < -0.39 is 23.7 Å². The largest absolute Gasteiger partial charge is 0.323 e. The molecule has 6 nitrogen and oxygen atoms in total. The molecule has 0 saturated heterocycles. The van der Waals surface area contributed by atoms with Crippen molar-refractivity contribution in [2.45, 2.75) is 19.5 Å². The van der Waals surface area contributed by atoms with E-state index in [1.807, 2.05) is 77.0 Å². The van der Waals surface area contributed by atoms with Crippen LogP contribution in [0.5, 0.6) is 0 Å². The number of halogens is 3. The summed E-state index contributed by atoms with van der Waals surface area (Å²) in [7, 11) is 0. The first-order valence-corrected chi connectivity index (χ1v) is 12.4. The second kappa shape index (κ2) is 9.46. The van der Waals surface area contributed by atoms with Crippen LogP contribution >= 0.6 is 11.6 Å². The number of para-hydroxylation sites is 1. The number of rotatable bonds is 3. The molecule has 3 aromatic carbocycles. The van der Waals surface area contributed by atoms with Crippen LogP contribution in [0.2, 0.25) is 5.02 Å². The molecule has 1 atom stereocenters. The molecule has 0 unspecified atom stereocenters. The number of nitrogens with zero attached hydrogens (tertiary/aromatic N) is 4. The van der Waals surface area contributed by atoms with E-state index in [1.54, 1.807) is 17.0 Å². The molecule has 5 aromatic rings. The smallest absolute Gasteiger partial charge is 0.307 e. The van der Waals surface area contributed by atoms with Crippen molar-refractivity contribution in [3.05, 3.63) is 130 Å². The van der Waals surface area contributed by atoms with Crippen molar-refractivity contribution in [2.24, 2.45) is 0 Å². The van der Waals surface area contributed by atoms with E-state index in [1.165, 1.54) is 0 Å². The molecule has 3 heterocycles. The maximum atomic E-state index is 14.5. The van der Waals surface area contributed by atoms with E-state index in [2.05, 4.69) is 5.32 Å². The fourth-order valence-electron chi connectivity index (χ4n) is 4.93. The zero-order chi connectivity index (χ0) is 26.4. The Morgan fingerprint density at radius 3 is 2.53 bits per heavy atom. The number of hydrogen-bond acceptors (Lipinski definition) is 2. The van der Waals surface area contributed by atoms with Gasteiger partial charge < -0.3 is 14.8 Å². The van der Waals surface area contributed by atoms with E-state index in [0.29, 0.717) is 5.02 Å². The fourth-order valence-corrected chi connectivity index (χ4v) is 5.05. The number of fused-ring (bicyclic) bond motifs is 3. The van der Waals surface area contributed by atoms with Crippen LogP contribution in [-0.2, 0) is 6.54 Å². The second-order valence-corrected chi connectivity index (χ2v) is 9.51. The minimum Gasteiger partial charge on any atom is -0.307 e. The number of carbonyl (C=O) groups excluding carboxylic acids is 1. The summed E-state index contributed by atoms with van der Waals surface area (Å²) in [6.07, 6.45) is 1.94. The first-order chi connectivity index (χ1) is 18.4. The van der Waals surface area contributed by atoms with Crippen LogP contribution in [0.3, 0.4) is 0 Å². The van der Waals surface area contributed by atoms with Crippen LogP contribution in [-0.4, -0.2) is 25.3 Å². The first kappa shape index (κ1) is 23.9. The lowest BCUT2D eigenvalue weighted by Crippen LogP contribution is -2.38. The van der Waals surface area contributed by atoms with Gasteiger partial charge in [-0.3, -0.25) is 0 Å². The summed E-state index contributed by atoms with van der Waals surface area (Å²) in [5.74, 6) is -0.572. The summed E-state index contributed by atoms with van der Waals surface area (Å²) in [5, 5.41) is 7.95. The Labute approximate surface area is 222 Å². The van der Waals surface area contributed by atoms with Crippen molar-refractivity contribution >= 4 is 23.3 Å². The summed E-state index contributed by atoms with van der Waals surface area (Å²) >= 11 is 6.18. The molecule has 1 aliphatic heterocycles. The molecule has 6 rings (SSSR count). The lowest BCUT2D eigenvalue weighted by Gasteiger charge is -2.31. The number of anilines is 1. The van der Waals surface area contributed by atoms with E-state index in [0.717, 1.165) is 52.2 Å². The number of urea groups is 1. The zero-order valence-electron chi connectivity index (χ0n) is 20.3. The summed E-state index contributed by atoms with van der Waals surface area (Å²) in [4.78, 5) is 15.4. The van der Waals surface area contributed by atoms with Crippen molar-refractivity contribution in [1.82, 2.24) is 19.2 Å². The van der Waals surface area contributed by atoms with Gasteiger partial charge in [-0.05, 0) is 61.0 Å². The predicted octanol–water partition coefficient (Wildman–Crippen LogP) is 7.04. The minimum absolute atomic E-state index is 0.172. The Kier molecular flexibility index (Phi) is 5.96. The van der Waals surface area contributed by atoms with Crippen LogP contribution in [0.25, 0.3) is 11.5 Å². The molecule has 0 fully saturated rings. The SMILES string of the molecule is Cc1nn(-c2ccccc2)c2c1CN(C(=O)Nc1cc(F)ccc1F)[C@@H](c1ccc(Cl)cc1)c1cccn1-2. The molecule has 2 aromatic heterocycles. The number of aryl methyl sites for hydroxylation is 1. The Morgan fingerprint density at radius 2 is 1.76 bits per heavy atom. The number of amides is 2. The Morgan fingerprint density at radius 1 is 1.00 bits per heavy atom. The summed E-state index contributed by atoms with van der Waals surface area (Å²) in [6.45, 7) is 2.07. The average Bonchev–Trinajstić information content (AvgIpc) is 3.48. The average molecular weight is 530 g/mol. The second-order valence-electron chi connectivity index (χ2n) is 9.07. The molecule has 0 bridgehead atoms. The van der Waals surface area contributed by atoms with E-state index in [-0.39, 0.29) is 12.2 Å². The van der Waals surface area contributed by atoms with Crippen LogP contribution < -0.4 is 5.32 Å². The van der Waals surface area contributed by atoms with Crippen molar-refractivity contribution in [2.75, 3.05) is 5.32 Å². The molecule has 2 amide bonds. The van der Waals surface area contributed by atoms with E-state index in [4.69, 9.17) is 16.7 Å². The molecule has 0 spiro atoms. The maximum Gasteiger partial charge on any atom is 0.323 e. The fraction of sp³-hybridized carbons (Fsp3) is 0.103. The Balaban J connectivity index is 1.54. The van der Waals surface area contributed by atoms with Gasteiger partial charge >= 0.3 is 6.03 Å². The highest BCUT2D eigenvalue weighted by molar-refractivity contribution is 6.30. The van der Waals surface area contributed by atoms with Gasteiger partial charge in [0.2, 0.25) is 0 Å². The molecular formula is C29H22ClF2N5O. The molecule has 38 heavy (non-hydrogen) atoms. The van der Waals surface area contributed by atoms with Gasteiger partial charge in [0.15, 0.2) is 0 Å². The Bertz CT molecular complexity index is 1650. The zero-order valence-corrected chi connectivity index (χ0v) is 21.0. The van der Waals surface area contributed by atoms with Gasteiger partial charge in [0.1, 0.15) is 17.5 Å². The highest BCUT2D eigenvalue weighted by Gasteiger charge is 2.36. The molecule has 0 saturated carbocycles. The van der Waals surface area contributed by atoms with Gasteiger partial charge in [0, 0.05) is 22.8 Å². The molecule has 1 N–H and O–H groups in total. The van der Waals surface area contributed by atoms with Gasteiger partial charge in [-0.1, -0.05) is 41.9 Å². The normalized spacial score (nSPS) is 14.5. The van der Waals surface area contributed by atoms with Crippen molar-refractivity contribution in [3.63, 3.8) is 0 Å². The molecule has 1 aliphatic rings. The molecule has 190 valence electrons. The summed E-state index contributed by atoms with van der Waals surface area (Å²) in [5.41, 5.74) is 3.83. The minimum atomic E-state index is -0.727. The number of hydrogen-bond donors (Lipinski definition) is 1. The molecular weight excluding hydrogens is 508 g/mol. The lowest BCUT2D eigenvalue weighted by molar-refractivity contribution is 0.194. The lowest BCUT2D eigenvalue weighted by atomic mass is 10.0. The van der Waals surface area contributed by atoms with Gasteiger partial charge in [0.25, 0.3) is 0 Å². The number of carbonyl (C=O) groups is 1. The first-order valence-electron chi connectivity index (χ1n) is 12.0. The molecule has 0 aliphatic carbocycles. The van der Waals surface area contributed by atoms with Crippen LogP contribution in [0.15, 0.2) is 91.1 Å². The summed E-state index contributed by atoms with van der Waals surface area (Å²) in [6, 6.07) is 22.7. The van der Waals surface area contributed by atoms with Crippen molar-refractivity contribution < 1.29 is 13.6 Å². The topological polar surface area (TPSA) is 55.1 Å². The van der Waals surface area contributed by atoms with E-state index >= 15 is 0 Å². The van der Waals surface area contributed by atoms with Crippen molar-refractivity contribution in [1.29, 1.82) is 0 Å². The standard InChI is InChI=1S/C29H22ClF2N5O/c1-18-23-17-36(29(38)33-25-16-21(31)13-14-24(25)32)27(19-9-11-20(30)12-10-19)26-8-5-15-35(26)28(23)37(34-18)22-6-3-2-4-7-22/h2-16,27H,17H2,1H3,(H,33,38)/t27-/m0/s1. The van der Waals surface area contributed by atoms with E-state index in [9.17, 15) is 13.6 Å². The third kappa shape index (κ3) is 4.13. The van der Waals surface area contributed by atoms with Gasteiger partial charge in [0.05, 0.1) is 35.3 Å². The third-order valence-corrected chi connectivity index (χ3v) is 6.96. The molecule has 0 radical (unpaired) electrons. The van der Waals surface area contributed by atoms with Crippen LogP contribution in [0, 0.1) is 18.6 Å². The number of benzene rings is 3. The van der Waals surface area contributed by atoms with Gasteiger partial charge in [-0.15, -0.1) is 0 Å². The maximum absolute atomic E-state index is 14.5.